The Kier molecular flexibility index (Phi) is 3.72. The molecule has 1 heterocycles. The number of nitrogens with zero attached hydrogens (tertiary/aromatic N) is 1. The van der Waals surface area contributed by atoms with Gasteiger partial charge in [0.2, 0.25) is 0 Å². The fraction of sp³-hybridized carbons (Fsp3) is 0.471. The maximum atomic E-state index is 12.6. The number of rotatable bonds is 2. The molecule has 0 bridgehead atoms. The topological polar surface area (TPSA) is 53.7 Å². The highest BCUT2D eigenvalue weighted by Crippen LogP contribution is 2.26. The highest BCUT2D eigenvalue weighted by atomic mass is 16.3. The van der Waals surface area contributed by atoms with Gasteiger partial charge in [-0.3, -0.25) is 4.79 Å². The minimum atomic E-state index is -0.431. The summed E-state index contributed by atoms with van der Waals surface area (Å²) < 4.78 is 5.66. The molecular formula is C17H21NO3. The molecule has 4 heteroatoms. The molecule has 112 valence electrons. The number of aryl methyl sites for hydroxylation is 1. The van der Waals surface area contributed by atoms with Crippen molar-refractivity contribution in [1.29, 1.82) is 0 Å². The molecule has 2 atom stereocenters. The summed E-state index contributed by atoms with van der Waals surface area (Å²) in [6.07, 6.45) is 3.27. The molecule has 4 nitrogen and oxygen atoms in total. The minimum absolute atomic E-state index is 0.110. The van der Waals surface area contributed by atoms with Crippen LogP contribution in [0.5, 0.6) is 0 Å². The van der Waals surface area contributed by atoms with Gasteiger partial charge in [0.25, 0.3) is 5.91 Å². The quantitative estimate of drug-likeness (QED) is 0.923. The smallest absolute Gasteiger partial charge is 0.289 e. The molecule has 2 unspecified atom stereocenters. The Hall–Kier alpha value is -1.81. The molecule has 1 saturated carbocycles. The van der Waals surface area contributed by atoms with E-state index in [1.807, 2.05) is 25.1 Å². The second-order valence-corrected chi connectivity index (χ2v) is 5.99. The predicted octanol–water partition coefficient (Wildman–Crippen LogP) is 3.12. The molecule has 0 radical (unpaired) electrons. The van der Waals surface area contributed by atoms with Crippen LogP contribution in [0.25, 0.3) is 11.0 Å². The Morgan fingerprint density at radius 3 is 2.81 bits per heavy atom. The Morgan fingerprint density at radius 2 is 2.05 bits per heavy atom. The van der Waals surface area contributed by atoms with Gasteiger partial charge in [0.1, 0.15) is 5.58 Å². The first-order valence-electron chi connectivity index (χ1n) is 7.51. The van der Waals surface area contributed by atoms with E-state index in [2.05, 4.69) is 0 Å². The van der Waals surface area contributed by atoms with E-state index in [4.69, 9.17) is 4.42 Å². The molecule has 1 amide bonds. The van der Waals surface area contributed by atoms with Crippen molar-refractivity contribution in [2.45, 2.75) is 44.8 Å². The van der Waals surface area contributed by atoms with Crippen LogP contribution >= 0.6 is 0 Å². The predicted molar refractivity (Wildman–Crippen MR) is 81.3 cm³/mol. The van der Waals surface area contributed by atoms with Crippen LogP contribution in [0.4, 0.5) is 0 Å². The number of hydrogen-bond donors (Lipinski definition) is 1. The van der Waals surface area contributed by atoms with Crippen molar-refractivity contribution in [2.24, 2.45) is 0 Å². The third-order valence-corrected chi connectivity index (χ3v) is 4.39. The molecule has 0 aliphatic heterocycles. The molecule has 3 rings (SSSR count). The molecule has 0 saturated heterocycles. The number of fused-ring (bicyclic) bond motifs is 1. The fourth-order valence-corrected chi connectivity index (χ4v) is 3.14. The Balaban J connectivity index is 1.85. The van der Waals surface area contributed by atoms with E-state index in [-0.39, 0.29) is 11.9 Å². The van der Waals surface area contributed by atoms with Crippen molar-refractivity contribution in [3.05, 3.63) is 35.6 Å². The number of furan rings is 1. The van der Waals surface area contributed by atoms with E-state index in [1.165, 1.54) is 0 Å². The Morgan fingerprint density at radius 1 is 1.29 bits per heavy atom. The first-order valence-corrected chi connectivity index (χ1v) is 7.51. The molecule has 1 N–H and O–H groups in total. The lowest BCUT2D eigenvalue weighted by atomic mass is 9.91. The van der Waals surface area contributed by atoms with Gasteiger partial charge in [0.15, 0.2) is 5.76 Å². The number of carbonyl (C=O) groups excluding carboxylic acids is 1. The molecule has 2 aromatic rings. The summed E-state index contributed by atoms with van der Waals surface area (Å²) >= 11 is 0. The summed E-state index contributed by atoms with van der Waals surface area (Å²) in [5.74, 6) is 0.186. The molecule has 0 spiro atoms. The summed E-state index contributed by atoms with van der Waals surface area (Å²) in [5, 5.41) is 11.0. The van der Waals surface area contributed by atoms with E-state index in [0.29, 0.717) is 5.76 Å². The zero-order valence-electron chi connectivity index (χ0n) is 12.5. The van der Waals surface area contributed by atoms with E-state index in [0.717, 1.165) is 42.2 Å². The van der Waals surface area contributed by atoms with Crippen LogP contribution in [-0.4, -0.2) is 35.1 Å². The molecular weight excluding hydrogens is 266 g/mol. The summed E-state index contributed by atoms with van der Waals surface area (Å²) in [6.45, 7) is 2.01. The van der Waals surface area contributed by atoms with E-state index < -0.39 is 6.10 Å². The Bertz CT molecular complexity index is 661. The summed E-state index contributed by atoms with van der Waals surface area (Å²) in [6, 6.07) is 7.54. The molecule has 1 aliphatic rings. The third kappa shape index (κ3) is 2.68. The monoisotopic (exact) mass is 287 g/mol. The van der Waals surface area contributed by atoms with Crippen molar-refractivity contribution >= 4 is 16.9 Å². The van der Waals surface area contributed by atoms with E-state index in [9.17, 15) is 9.90 Å². The van der Waals surface area contributed by atoms with Crippen molar-refractivity contribution in [2.75, 3.05) is 7.05 Å². The van der Waals surface area contributed by atoms with Gasteiger partial charge in [-0.05, 0) is 38.0 Å². The van der Waals surface area contributed by atoms with Crippen molar-refractivity contribution in [3.8, 4) is 0 Å². The van der Waals surface area contributed by atoms with Gasteiger partial charge in [-0.15, -0.1) is 0 Å². The van der Waals surface area contributed by atoms with Gasteiger partial charge in [0, 0.05) is 12.4 Å². The lowest BCUT2D eigenvalue weighted by Gasteiger charge is -2.34. The lowest BCUT2D eigenvalue weighted by molar-refractivity contribution is 0.0251. The van der Waals surface area contributed by atoms with Gasteiger partial charge < -0.3 is 14.4 Å². The molecule has 1 fully saturated rings. The average Bonchev–Trinajstić information content (AvgIpc) is 2.89. The molecule has 1 aromatic heterocycles. The standard InChI is InChI=1S/C17H21NO3/c1-11-7-8-15-12(9-11)10-16(21-15)17(20)18(2)13-5-3-4-6-14(13)19/h7-10,13-14,19H,3-6H2,1-2H3. The number of hydrogen-bond acceptors (Lipinski definition) is 3. The van der Waals surface area contributed by atoms with Crippen molar-refractivity contribution in [3.63, 3.8) is 0 Å². The minimum Gasteiger partial charge on any atom is -0.451 e. The maximum Gasteiger partial charge on any atom is 0.289 e. The largest absolute Gasteiger partial charge is 0.451 e. The first-order chi connectivity index (χ1) is 10.1. The SMILES string of the molecule is Cc1ccc2oc(C(=O)N(C)C3CCCCC3O)cc2c1. The number of carbonyl (C=O) groups is 1. The van der Waals surface area contributed by atoms with Crippen LogP contribution in [0.15, 0.2) is 28.7 Å². The van der Waals surface area contributed by atoms with Crippen LogP contribution in [-0.2, 0) is 0 Å². The maximum absolute atomic E-state index is 12.6. The van der Waals surface area contributed by atoms with Crippen molar-refractivity contribution in [1.82, 2.24) is 4.90 Å². The lowest BCUT2D eigenvalue weighted by Crippen LogP contribution is -2.46. The Labute approximate surface area is 124 Å². The van der Waals surface area contributed by atoms with Gasteiger partial charge in [0.05, 0.1) is 12.1 Å². The van der Waals surface area contributed by atoms with Crippen LogP contribution in [0.2, 0.25) is 0 Å². The second-order valence-electron chi connectivity index (χ2n) is 5.99. The van der Waals surface area contributed by atoms with E-state index >= 15 is 0 Å². The van der Waals surface area contributed by atoms with Crippen LogP contribution in [0, 0.1) is 6.92 Å². The summed E-state index contributed by atoms with van der Waals surface area (Å²) in [4.78, 5) is 14.2. The third-order valence-electron chi connectivity index (χ3n) is 4.39. The number of likely N-dealkylation sites (N-methyl/N-ethyl adjacent to an activating group) is 1. The number of benzene rings is 1. The van der Waals surface area contributed by atoms with E-state index in [1.54, 1.807) is 18.0 Å². The van der Waals surface area contributed by atoms with Crippen LogP contribution < -0.4 is 0 Å². The fourth-order valence-electron chi connectivity index (χ4n) is 3.14. The first kappa shape index (κ1) is 14.1. The summed E-state index contributed by atoms with van der Waals surface area (Å²) in [5.41, 5.74) is 1.86. The normalized spacial score (nSPS) is 22.4. The van der Waals surface area contributed by atoms with Crippen molar-refractivity contribution < 1.29 is 14.3 Å². The van der Waals surface area contributed by atoms with Gasteiger partial charge in [-0.25, -0.2) is 0 Å². The van der Waals surface area contributed by atoms with Gasteiger partial charge >= 0.3 is 0 Å². The second kappa shape index (κ2) is 5.53. The highest BCUT2D eigenvalue weighted by Gasteiger charge is 2.31. The highest BCUT2D eigenvalue weighted by molar-refractivity contribution is 5.96. The molecule has 1 aromatic carbocycles. The zero-order chi connectivity index (χ0) is 15.0. The zero-order valence-corrected chi connectivity index (χ0v) is 12.5. The average molecular weight is 287 g/mol. The molecule has 21 heavy (non-hydrogen) atoms. The number of aliphatic hydroxyl groups is 1. The number of amides is 1. The van der Waals surface area contributed by atoms with Gasteiger partial charge in [-0.2, -0.15) is 0 Å². The van der Waals surface area contributed by atoms with Gasteiger partial charge in [-0.1, -0.05) is 24.5 Å². The molecule has 1 aliphatic carbocycles. The number of aliphatic hydroxyl groups excluding tert-OH is 1. The van der Waals surface area contributed by atoms with Crippen LogP contribution in [0.1, 0.15) is 41.8 Å². The summed E-state index contributed by atoms with van der Waals surface area (Å²) in [7, 11) is 1.75. The van der Waals surface area contributed by atoms with Crippen LogP contribution in [0.3, 0.4) is 0 Å².